The van der Waals surface area contributed by atoms with Gasteiger partial charge in [0.1, 0.15) is 6.10 Å². The minimum atomic E-state index is 0.302. The van der Waals surface area contributed by atoms with Crippen LogP contribution in [-0.2, 0) is 0 Å². The molecule has 0 spiro atoms. The number of nitrogens with zero attached hydrogens (tertiary/aromatic N) is 2. The molecule has 0 amide bonds. The van der Waals surface area contributed by atoms with E-state index in [1.165, 1.54) is 12.8 Å². The van der Waals surface area contributed by atoms with E-state index >= 15 is 0 Å². The van der Waals surface area contributed by atoms with Gasteiger partial charge in [0.25, 0.3) is 0 Å². The summed E-state index contributed by atoms with van der Waals surface area (Å²) in [7, 11) is 0. The maximum Gasteiger partial charge on any atom is 0.214 e. The molecule has 1 saturated carbocycles. The first-order chi connectivity index (χ1) is 6.88. The van der Waals surface area contributed by atoms with Crippen LogP contribution in [0.25, 0.3) is 0 Å². The van der Waals surface area contributed by atoms with E-state index in [9.17, 15) is 0 Å². The van der Waals surface area contributed by atoms with E-state index in [-0.39, 0.29) is 0 Å². The third kappa shape index (κ3) is 2.02. The lowest BCUT2D eigenvalue weighted by atomic mass is 10.3. The summed E-state index contributed by atoms with van der Waals surface area (Å²) in [5.74, 6) is 0.580. The Labute approximate surface area is 83.3 Å². The Morgan fingerprint density at radius 3 is 2.93 bits per heavy atom. The Balaban J connectivity index is 2.05. The van der Waals surface area contributed by atoms with Gasteiger partial charge in [-0.25, -0.2) is 4.98 Å². The minimum absolute atomic E-state index is 0.302. The molecule has 3 nitrogen and oxygen atoms in total. The van der Waals surface area contributed by atoms with Crippen LogP contribution in [0, 0.1) is 11.3 Å². The van der Waals surface area contributed by atoms with Crippen molar-refractivity contribution in [2.45, 2.75) is 31.8 Å². The normalized spacial score (nSPS) is 16.5. The first kappa shape index (κ1) is 9.01. The summed E-state index contributed by atoms with van der Waals surface area (Å²) in [4.78, 5) is 4.08. The second-order valence-electron chi connectivity index (χ2n) is 3.52. The largest absolute Gasteiger partial charge is 0.474 e. The highest BCUT2D eigenvalue weighted by molar-refractivity contribution is 5.31. The summed E-state index contributed by atoms with van der Waals surface area (Å²) >= 11 is 0. The zero-order valence-corrected chi connectivity index (χ0v) is 7.94. The SMILES string of the molecule is N#Cc1ccnc(OC2CCCC2)c1. The molecule has 3 heteroatoms. The fourth-order valence-corrected chi connectivity index (χ4v) is 1.72. The van der Waals surface area contributed by atoms with Gasteiger partial charge < -0.3 is 4.74 Å². The van der Waals surface area contributed by atoms with Crippen molar-refractivity contribution in [3.8, 4) is 11.9 Å². The summed E-state index contributed by atoms with van der Waals surface area (Å²) in [5, 5.41) is 8.69. The molecule has 1 aliphatic rings. The predicted molar refractivity (Wildman–Crippen MR) is 51.8 cm³/mol. The van der Waals surface area contributed by atoms with Crippen molar-refractivity contribution in [2.75, 3.05) is 0 Å². The highest BCUT2D eigenvalue weighted by atomic mass is 16.5. The Morgan fingerprint density at radius 2 is 2.21 bits per heavy atom. The first-order valence-corrected chi connectivity index (χ1v) is 4.91. The fourth-order valence-electron chi connectivity index (χ4n) is 1.72. The first-order valence-electron chi connectivity index (χ1n) is 4.91. The maximum atomic E-state index is 8.69. The topological polar surface area (TPSA) is 45.9 Å². The van der Waals surface area contributed by atoms with Crippen molar-refractivity contribution in [1.82, 2.24) is 4.98 Å². The molecule has 1 aliphatic carbocycles. The van der Waals surface area contributed by atoms with Crippen molar-refractivity contribution >= 4 is 0 Å². The van der Waals surface area contributed by atoms with Gasteiger partial charge in [0.15, 0.2) is 0 Å². The van der Waals surface area contributed by atoms with Gasteiger partial charge in [-0.15, -0.1) is 0 Å². The van der Waals surface area contributed by atoms with Gasteiger partial charge >= 0.3 is 0 Å². The molecule has 0 radical (unpaired) electrons. The molecular weight excluding hydrogens is 176 g/mol. The van der Waals surface area contributed by atoms with E-state index in [2.05, 4.69) is 11.1 Å². The van der Waals surface area contributed by atoms with Crippen LogP contribution in [0.4, 0.5) is 0 Å². The van der Waals surface area contributed by atoms with Crippen LogP contribution in [0.15, 0.2) is 18.3 Å². The Kier molecular flexibility index (Phi) is 2.64. The summed E-state index contributed by atoms with van der Waals surface area (Å²) in [6.45, 7) is 0. The molecule has 1 fully saturated rings. The average molecular weight is 188 g/mol. The predicted octanol–water partition coefficient (Wildman–Crippen LogP) is 2.27. The number of hydrogen-bond donors (Lipinski definition) is 0. The molecule has 2 rings (SSSR count). The summed E-state index contributed by atoms with van der Waals surface area (Å²) in [6, 6.07) is 5.45. The highest BCUT2D eigenvalue weighted by Gasteiger charge is 2.16. The molecule has 1 heterocycles. The van der Waals surface area contributed by atoms with Crippen molar-refractivity contribution in [2.24, 2.45) is 0 Å². The lowest BCUT2D eigenvalue weighted by Crippen LogP contribution is -2.11. The Morgan fingerprint density at radius 1 is 1.43 bits per heavy atom. The number of pyridine rings is 1. The highest BCUT2D eigenvalue weighted by Crippen LogP contribution is 2.22. The van der Waals surface area contributed by atoms with E-state index in [1.54, 1.807) is 18.3 Å². The molecule has 0 unspecified atom stereocenters. The number of ether oxygens (including phenoxy) is 1. The molecule has 0 aromatic carbocycles. The van der Waals surface area contributed by atoms with Gasteiger partial charge in [-0.3, -0.25) is 0 Å². The molecule has 14 heavy (non-hydrogen) atoms. The van der Waals surface area contributed by atoms with E-state index in [1.807, 2.05) is 0 Å². The minimum Gasteiger partial charge on any atom is -0.474 e. The molecule has 0 atom stereocenters. The Bertz CT molecular complexity index is 351. The second-order valence-corrected chi connectivity index (χ2v) is 3.52. The standard InChI is InChI=1S/C11H12N2O/c12-8-9-5-6-13-11(7-9)14-10-3-1-2-4-10/h5-7,10H,1-4H2. The van der Waals surface area contributed by atoms with Crippen LogP contribution in [0.2, 0.25) is 0 Å². The van der Waals surface area contributed by atoms with Crippen LogP contribution in [0.1, 0.15) is 31.2 Å². The molecule has 1 aromatic rings. The molecule has 1 aromatic heterocycles. The summed E-state index contributed by atoms with van der Waals surface area (Å²) < 4.78 is 5.66. The molecule has 0 N–H and O–H groups in total. The van der Waals surface area contributed by atoms with Gasteiger partial charge in [-0.1, -0.05) is 0 Å². The zero-order chi connectivity index (χ0) is 9.80. The monoisotopic (exact) mass is 188 g/mol. The van der Waals surface area contributed by atoms with Crippen molar-refractivity contribution in [3.63, 3.8) is 0 Å². The maximum absolute atomic E-state index is 8.69. The molecular formula is C11H12N2O. The van der Waals surface area contributed by atoms with Crippen LogP contribution in [0.5, 0.6) is 5.88 Å². The number of nitriles is 1. The van der Waals surface area contributed by atoms with Gasteiger partial charge in [-0.05, 0) is 31.7 Å². The number of aromatic nitrogens is 1. The van der Waals surface area contributed by atoms with Crippen LogP contribution in [-0.4, -0.2) is 11.1 Å². The van der Waals surface area contributed by atoms with Gasteiger partial charge in [-0.2, -0.15) is 5.26 Å². The van der Waals surface area contributed by atoms with Crippen LogP contribution < -0.4 is 4.74 Å². The van der Waals surface area contributed by atoms with Gasteiger partial charge in [0.05, 0.1) is 11.6 Å². The van der Waals surface area contributed by atoms with E-state index in [0.29, 0.717) is 17.5 Å². The van der Waals surface area contributed by atoms with Gasteiger partial charge in [0, 0.05) is 12.3 Å². The fraction of sp³-hybridized carbons (Fsp3) is 0.455. The van der Waals surface area contributed by atoms with E-state index in [4.69, 9.17) is 10.00 Å². The average Bonchev–Trinajstić information content (AvgIpc) is 2.71. The summed E-state index contributed by atoms with van der Waals surface area (Å²) in [6.07, 6.45) is 6.61. The molecule has 0 aliphatic heterocycles. The third-order valence-corrected chi connectivity index (χ3v) is 2.45. The lowest BCUT2D eigenvalue weighted by molar-refractivity contribution is 0.201. The van der Waals surface area contributed by atoms with Crippen LogP contribution >= 0.6 is 0 Å². The molecule has 0 bridgehead atoms. The molecule has 72 valence electrons. The van der Waals surface area contributed by atoms with Crippen molar-refractivity contribution in [1.29, 1.82) is 5.26 Å². The number of hydrogen-bond acceptors (Lipinski definition) is 3. The van der Waals surface area contributed by atoms with Crippen molar-refractivity contribution in [3.05, 3.63) is 23.9 Å². The van der Waals surface area contributed by atoms with Crippen LogP contribution in [0.3, 0.4) is 0 Å². The van der Waals surface area contributed by atoms with E-state index < -0.39 is 0 Å². The summed E-state index contributed by atoms with van der Waals surface area (Å²) in [5.41, 5.74) is 0.605. The quantitative estimate of drug-likeness (QED) is 0.715. The molecule has 0 saturated heterocycles. The number of rotatable bonds is 2. The third-order valence-electron chi connectivity index (χ3n) is 2.45. The van der Waals surface area contributed by atoms with Gasteiger partial charge in [0.2, 0.25) is 5.88 Å². The van der Waals surface area contributed by atoms with E-state index in [0.717, 1.165) is 12.8 Å². The smallest absolute Gasteiger partial charge is 0.214 e. The van der Waals surface area contributed by atoms with Crippen molar-refractivity contribution < 1.29 is 4.74 Å². The second kappa shape index (κ2) is 4.10. The Hall–Kier alpha value is -1.56. The zero-order valence-electron chi connectivity index (χ0n) is 7.94. The lowest BCUT2D eigenvalue weighted by Gasteiger charge is -2.11.